The number of benzene rings is 1. The summed E-state index contributed by atoms with van der Waals surface area (Å²) in [5, 5.41) is 6.79. The second-order valence-electron chi connectivity index (χ2n) is 5.29. The normalized spacial score (nSPS) is 12.3. The van der Waals surface area contributed by atoms with Crippen molar-refractivity contribution in [3.8, 4) is 5.75 Å². The molecule has 0 bridgehead atoms. The Labute approximate surface area is 153 Å². The van der Waals surface area contributed by atoms with E-state index in [9.17, 15) is 14.4 Å². The number of fused-ring (bicyclic) bond motifs is 1. The Morgan fingerprint density at radius 3 is 2.81 bits per heavy atom. The van der Waals surface area contributed by atoms with Gasteiger partial charge in [-0.3, -0.25) is 14.9 Å². The zero-order valence-corrected chi connectivity index (χ0v) is 14.7. The molecule has 1 aliphatic heterocycles. The zero-order chi connectivity index (χ0) is 18.5. The molecule has 0 spiro atoms. The van der Waals surface area contributed by atoms with Crippen LogP contribution in [0.4, 0.5) is 9.80 Å². The van der Waals surface area contributed by atoms with E-state index in [0.29, 0.717) is 10.6 Å². The second kappa shape index (κ2) is 7.83. The maximum absolute atomic E-state index is 12.5. The number of alkyl carbamates (subject to hydrolysis) is 1. The first-order valence-corrected chi connectivity index (χ1v) is 8.75. The van der Waals surface area contributed by atoms with Crippen molar-refractivity contribution >= 4 is 40.3 Å². The number of ether oxygens (including phenoxy) is 2. The zero-order valence-electron chi connectivity index (χ0n) is 13.9. The molecule has 0 unspecified atom stereocenters. The highest BCUT2D eigenvalue weighted by molar-refractivity contribution is 7.14. The quantitative estimate of drug-likeness (QED) is 0.860. The summed E-state index contributed by atoms with van der Waals surface area (Å²) in [7, 11) is 0. The molecule has 0 fully saturated rings. The molecule has 3 rings (SSSR count). The third kappa shape index (κ3) is 3.92. The van der Waals surface area contributed by atoms with Gasteiger partial charge in [0, 0.05) is 5.56 Å². The van der Waals surface area contributed by atoms with E-state index in [4.69, 9.17) is 4.74 Å². The molecular weight excluding hydrogens is 356 g/mol. The molecule has 3 amide bonds. The Hall–Kier alpha value is -3.13. The molecule has 2 aromatic rings. The molecule has 8 heteroatoms. The van der Waals surface area contributed by atoms with Crippen LogP contribution in [0, 0.1) is 0 Å². The average molecular weight is 372 g/mol. The van der Waals surface area contributed by atoms with Crippen molar-refractivity contribution in [2.45, 2.75) is 6.92 Å². The number of nitrogens with one attached hydrogen (secondary N) is 2. The highest BCUT2D eigenvalue weighted by atomic mass is 32.1. The van der Waals surface area contributed by atoms with Crippen LogP contribution in [-0.2, 0) is 9.53 Å². The molecule has 2 N–H and O–H groups in total. The summed E-state index contributed by atoms with van der Waals surface area (Å²) in [5.74, 6) is -0.291. The SMILES string of the molecule is CCOC(=O)NC(=O)c1ccsc1NC(=O)C1=Cc2ccccc2OC1. The Balaban J connectivity index is 1.72. The van der Waals surface area contributed by atoms with Crippen LogP contribution in [0.1, 0.15) is 22.8 Å². The van der Waals surface area contributed by atoms with Gasteiger partial charge in [-0.1, -0.05) is 18.2 Å². The highest BCUT2D eigenvalue weighted by Gasteiger charge is 2.21. The Morgan fingerprint density at radius 2 is 2.00 bits per heavy atom. The molecule has 7 nitrogen and oxygen atoms in total. The van der Waals surface area contributed by atoms with E-state index in [1.807, 2.05) is 24.3 Å². The van der Waals surface area contributed by atoms with Gasteiger partial charge < -0.3 is 14.8 Å². The van der Waals surface area contributed by atoms with Crippen LogP contribution in [0.3, 0.4) is 0 Å². The standard InChI is InChI=1S/C18H16N2O5S/c1-2-24-18(23)20-16(22)13-7-8-26-17(13)19-15(21)12-9-11-5-3-4-6-14(11)25-10-12/h3-9H,2,10H2,1H3,(H,19,21)(H,20,22,23). The number of thiophene rings is 1. The summed E-state index contributed by atoms with van der Waals surface area (Å²) >= 11 is 1.18. The summed E-state index contributed by atoms with van der Waals surface area (Å²) in [5.41, 5.74) is 1.44. The number of para-hydroxylation sites is 1. The molecule has 0 radical (unpaired) electrons. The summed E-state index contributed by atoms with van der Waals surface area (Å²) in [6, 6.07) is 8.92. The van der Waals surface area contributed by atoms with Gasteiger partial charge in [-0.2, -0.15) is 0 Å². The maximum Gasteiger partial charge on any atom is 0.414 e. The fourth-order valence-corrected chi connectivity index (χ4v) is 3.12. The van der Waals surface area contributed by atoms with Gasteiger partial charge in [0.25, 0.3) is 11.8 Å². The first-order chi connectivity index (χ1) is 12.6. The van der Waals surface area contributed by atoms with Gasteiger partial charge in [-0.25, -0.2) is 4.79 Å². The second-order valence-corrected chi connectivity index (χ2v) is 6.20. The number of hydrogen-bond acceptors (Lipinski definition) is 6. The van der Waals surface area contributed by atoms with Crippen LogP contribution in [0.25, 0.3) is 6.08 Å². The molecule has 0 saturated heterocycles. The Kier molecular flexibility index (Phi) is 5.33. The van der Waals surface area contributed by atoms with Crippen LogP contribution in [0.2, 0.25) is 0 Å². The minimum absolute atomic E-state index is 0.137. The number of carbonyl (C=O) groups excluding carboxylic acids is 3. The lowest BCUT2D eigenvalue weighted by molar-refractivity contribution is -0.113. The van der Waals surface area contributed by atoms with E-state index in [1.165, 1.54) is 17.4 Å². The Morgan fingerprint density at radius 1 is 1.19 bits per heavy atom. The summed E-state index contributed by atoms with van der Waals surface area (Å²) in [6.07, 6.45) is 0.918. The molecule has 0 atom stereocenters. The number of carbonyl (C=O) groups is 3. The number of hydrogen-bond donors (Lipinski definition) is 2. The predicted molar refractivity (Wildman–Crippen MR) is 97.4 cm³/mol. The first kappa shape index (κ1) is 17.7. The first-order valence-electron chi connectivity index (χ1n) is 7.88. The van der Waals surface area contributed by atoms with Crippen molar-refractivity contribution in [3.63, 3.8) is 0 Å². The van der Waals surface area contributed by atoms with Crippen molar-refractivity contribution in [1.82, 2.24) is 5.32 Å². The fourth-order valence-electron chi connectivity index (χ4n) is 2.34. The van der Waals surface area contributed by atoms with Crippen LogP contribution in [0.5, 0.6) is 5.75 Å². The van der Waals surface area contributed by atoms with Crippen molar-refractivity contribution in [2.75, 3.05) is 18.5 Å². The Bertz CT molecular complexity index is 887. The minimum atomic E-state index is -0.832. The van der Waals surface area contributed by atoms with Crippen molar-refractivity contribution in [3.05, 3.63) is 52.4 Å². The number of anilines is 1. The van der Waals surface area contributed by atoms with Gasteiger partial charge in [0.05, 0.1) is 17.7 Å². The van der Waals surface area contributed by atoms with Crippen molar-refractivity contribution in [1.29, 1.82) is 0 Å². The molecule has 134 valence electrons. The van der Waals surface area contributed by atoms with Gasteiger partial charge in [0.15, 0.2) is 0 Å². The number of amides is 3. The average Bonchev–Trinajstić information content (AvgIpc) is 3.09. The van der Waals surface area contributed by atoms with Gasteiger partial charge in [0.1, 0.15) is 17.4 Å². The molecule has 0 aliphatic carbocycles. The van der Waals surface area contributed by atoms with Gasteiger partial charge in [-0.05, 0) is 30.5 Å². The fraction of sp³-hybridized carbons (Fsp3) is 0.167. The van der Waals surface area contributed by atoms with Crippen LogP contribution < -0.4 is 15.4 Å². The van der Waals surface area contributed by atoms with Crippen LogP contribution in [0.15, 0.2) is 41.3 Å². The topological polar surface area (TPSA) is 93.7 Å². The predicted octanol–water partition coefficient (Wildman–Crippen LogP) is 3.05. The number of rotatable bonds is 4. The van der Waals surface area contributed by atoms with E-state index >= 15 is 0 Å². The third-order valence-corrected chi connectivity index (χ3v) is 4.38. The lowest BCUT2D eigenvalue weighted by Crippen LogP contribution is -2.31. The van der Waals surface area contributed by atoms with Crippen LogP contribution >= 0.6 is 11.3 Å². The van der Waals surface area contributed by atoms with Crippen LogP contribution in [-0.4, -0.2) is 31.1 Å². The van der Waals surface area contributed by atoms with E-state index < -0.39 is 12.0 Å². The minimum Gasteiger partial charge on any atom is -0.488 e. The summed E-state index contributed by atoms with van der Waals surface area (Å²) in [4.78, 5) is 36.0. The maximum atomic E-state index is 12.5. The molecule has 1 aromatic heterocycles. The smallest absolute Gasteiger partial charge is 0.414 e. The van der Waals surface area contributed by atoms with E-state index in [-0.39, 0.29) is 24.7 Å². The lowest BCUT2D eigenvalue weighted by atomic mass is 10.1. The van der Waals surface area contributed by atoms with E-state index in [1.54, 1.807) is 18.4 Å². The largest absolute Gasteiger partial charge is 0.488 e. The van der Waals surface area contributed by atoms with Gasteiger partial charge in [0.2, 0.25) is 0 Å². The highest BCUT2D eigenvalue weighted by Crippen LogP contribution is 2.28. The molecule has 2 heterocycles. The number of imide groups is 1. The third-order valence-electron chi connectivity index (χ3n) is 3.55. The molecular formula is C18H16N2O5S. The summed E-state index contributed by atoms with van der Waals surface area (Å²) in [6.45, 7) is 1.93. The van der Waals surface area contributed by atoms with E-state index in [2.05, 4.69) is 15.4 Å². The van der Waals surface area contributed by atoms with Crippen molar-refractivity contribution in [2.24, 2.45) is 0 Å². The summed E-state index contributed by atoms with van der Waals surface area (Å²) < 4.78 is 10.2. The van der Waals surface area contributed by atoms with E-state index in [0.717, 1.165) is 11.3 Å². The monoisotopic (exact) mass is 372 g/mol. The van der Waals surface area contributed by atoms with Gasteiger partial charge >= 0.3 is 6.09 Å². The molecule has 0 saturated carbocycles. The lowest BCUT2D eigenvalue weighted by Gasteiger charge is -2.17. The molecule has 1 aromatic carbocycles. The molecule has 26 heavy (non-hydrogen) atoms. The van der Waals surface area contributed by atoms with Crippen molar-refractivity contribution < 1.29 is 23.9 Å². The molecule has 1 aliphatic rings. The van der Waals surface area contributed by atoms with Gasteiger partial charge in [-0.15, -0.1) is 11.3 Å².